The monoisotopic (exact) mass is 441 g/mol. The van der Waals surface area contributed by atoms with Crippen LogP contribution < -0.4 is 5.32 Å². The van der Waals surface area contributed by atoms with Crippen molar-refractivity contribution in [2.24, 2.45) is 5.92 Å². The molecule has 4 rings (SSSR count). The number of likely N-dealkylation sites (tertiary alicyclic amines) is 1. The highest BCUT2D eigenvalue weighted by molar-refractivity contribution is 7.09. The summed E-state index contributed by atoms with van der Waals surface area (Å²) in [7, 11) is 0. The van der Waals surface area contributed by atoms with E-state index in [0.717, 1.165) is 49.0 Å². The Labute approximate surface area is 183 Å². The third-order valence-corrected chi connectivity index (χ3v) is 6.27. The van der Waals surface area contributed by atoms with E-state index < -0.39 is 0 Å². The molecule has 1 aliphatic carbocycles. The van der Waals surface area contributed by atoms with Gasteiger partial charge in [-0.2, -0.15) is 0 Å². The number of piperidine rings is 1. The van der Waals surface area contributed by atoms with Crippen molar-refractivity contribution in [3.05, 3.63) is 52.0 Å². The number of thiazole rings is 1. The minimum absolute atomic E-state index is 0. The van der Waals surface area contributed by atoms with E-state index in [0.29, 0.717) is 12.5 Å². The van der Waals surface area contributed by atoms with Crippen molar-refractivity contribution in [1.82, 2.24) is 15.2 Å². The van der Waals surface area contributed by atoms with Crippen LogP contribution in [0.15, 0.2) is 35.7 Å². The van der Waals surface area contributed by atoms with E-state index in [-0.39, 0.29) is 30.7 Å². The van der Waals surface area contributed by atoms with Crippen LogP contribution >= 0.6 is 36.2 Å². The summed E-state index contributed by atoms with van der Waals surface area (Å²) in [6.45, 7) is 2.92. The molecule has 1 saturated heterocycles. The van der Waals surface area contributed by atoms with Gasteiger partial charge in [-0.15, -0.1) is 36.2 Å². The van der Waals surface area contributed by atoms with Gasteiger partial charge in [-0.3, -0.25) is 4.79 Å². The van der Waals surface area contributed by atoms with E-state index in [1.54, 1.807) is 11.3 Å². The van der Waals surface area contributed by atoms with Gasteiger partial charge in [-0.1, -0.05) is 30.3 Å². The summed E-state index contributed by atoms with van der Waals surface area (Å²) in [6, 6.07) is 11.0. The first kappa shape index (κ1) is 23.1. The molecule has 2 aliphatic rings. The second-order valence-corrected chi connectivity index (χ2v) is 8.52. The molecule has 28 heavy (non-hydrogen) atoms. The summed E-state index contributed by atoms with van der Waals surface area (Å²) in [5, 5.41) is 6.80. The molecule has 2 fully saturated rings. The van der Waals surface area contributed by atoms with Crippen molar-refractivity contribution < 1.29 is 4.79 Å². The number of amides is 1. The van der Waals surface area contributed by atoms with Gasteiger partial charge in [0.15, 0.2) is 0 Å². The lowest BCUT2D eigenvalue weighted by Gasteiger charge is -2.32. The van der Waals surface area contributed by atoms with Gasteiger partial charge in [0.05, 0.1) is 17.1 Å². The minimum Gasteiger partial charge on any atom is -0.342 e. The van der Waals surface area contributed by atoms with Crippen LogP contribution in [-0.2, 0) is 17.6 Å². The lowest BCUT2D eigenvalue weighted by atomic mass is 10.0. The predicted molar refractivity (Wildman–Crippen MR) is 120 cm³/mol. The lowest BCUT2D eigenvalue weighted by Crippen LogP contribution is -2.45. The van der Waals surface area contributed by atoms with Gasteiger partial charge in [0, 0.05) is 30.9 Å². The molecule has 0 unspecified atom stereocenters. The number of aromatic nitrogens is 1. The second kappa shape index (κ2) is 11.1. The van der Waals surface area contributed by atoms with Gasteiger partial charge in [-0.05, 0) is 43.7 Å². The Balaban J connectivity index is 0.00000140. The van der Waals surface area contributed by atoms with Gasteiger partial charge in [-0.25, -0.2) is 4.98 Å². The van der Waals surface area contributed by atoms with Crippen LogP contribution in [0.4, 0.5) is 0 Å². The molecule has 154 valence electrons. The fourth-order valence-electron chi connectivity index (χ4n) is 3.54. The van der Waals surface area contributed by atoms with E-state index in [1.807, 2.05) is 16.3 Å². The molecule has 4 nitrogen and oxygen atoms in total. The van der Waals surface area contributed by atoms with Crippen LogP contribution in [0.2, 0.25) is 0 Å². The van der Waals surface area contributed by atoms with Gasteiger partial charge in [0.1, 0.15) is 0 Å². The van der Waals surface area contributed by atoms with E-state index in [1.165, 1.54) is 24.9 Å². The van der Waals surface area contributed by atoms with Crippen LogP contribution in [0.3, 0.4) is 0 Å². The smallest absolute Gasteiger partial charge is 0.228 e. The quantitative estimate of drug-likeness (QED) is 0.702. The number of benzene rings is 1. The standard InChI is InChI=1S/C21H27N3OS.2ClH/c25-21(24-10-8-18(9-11-24)22-14-17-6-7-17)13-19-15-26-20(23-19)12-16-4-2-1-3-5-16;;/h1-5,15,17-18,22H,6-14H2;2*1H. The average Bonchev–Trinajstić information content (AvgIpc) is 3.41. The van der Waals surface area contributed by atoms with Gasteiger partial charge in [0.2, 0.25) is 5.91 Å². The molecule has 0 radical (unpaired) electrons. The summed E-state index contributed by atoms with van der Waals surface area (Å²) in [6.07, 6.45) is 6.22. The van der Waals surface area contributed by atoms with E-state index in [4.69, 9.17) is 0 Å². The summed E-state index contributed by atoms with van der Waals surface area (Å²) in [5.41, 5.74) is 2.18. The zero-order valence-electron chi connectivity index (χ0n) is 16.0. The number of hydrogen-bond acceptors (Lipinski definition) is 4. The Morgan fingerprint density at radius 3 is 2.50 bits per heavy atom. The second-order valence-electron chi connectivity index (χ2n) is 7.58. The van der Waals surface area contributed by atoms with Crippen molar-refractivity contribution >= 4 is 42.1 Å². The molecule has 2 heterocycles. The molecular formula is C21H29Cl2N3OS. The van der Waals surface area contributed by atoms with E-state index >= 15 is 0 Å². The highest BCUT2D eigenvalue weighted by Gasteiger charge is 2.26. The molecule has 1 N–H and O–H groups in total. The Bertz CT molecular complexity index is 728. The maximum atomic E-state index is 12.6. The number of nitrogens with zero attached hydrogens (tertiary/aromatic N) is 2. The number of hydrogen-bond donors (Lipinski definition) is 1. The molecule has 1 saturated carbocycles. The molecule has 1 aromatic heterocycles. The highest BCUT2D eigenvalue weighted by atomic mass is 35.5. The van der Waals surface area contributed by atoms with Crippen molar-refractivity contribution in [2.45, 2.75) is 44.6 Å². The van der Waals surface area contributed by atoms with E-state index in [2.05, 4.69) is 34.6 Å². The fourth-order valence-corrected chi connectivity index (χ4v) is 4.36. The SMILES string of the molecule is Cl.Cl.O=C(Cc1csc(Cc2ccccc2)n1)N1CCC(NCC2CC2)CC1. The molecular weight excluding hydrogens is 413 g/mol. The molecule has 1 aromatic carbocycles. The lowest BCUT2D eigenvalue weighted by molar-refractivity contribution is -0.131. The number of carbonyl (C=O) groups is 1. The topological polar surface area (TPSA) is 45.2 Å². The predicted octanol–water partition coefficient (Wildman–Crippen LogP) is 4.11. The summed E-state index contributed by atoms with van der Waals surface area (Å²) in [4.78, 5) is 19.3. The van der Waals surface area contributed by atoms with Crippen molar-refractivity contribution in [2.75, 3.05) is 19.6 Å². The Kier molecular flexibility index (Phi) is 9.22. The number of halogens is 2. The summed E-state index contributed by atoms with van der Waals surface area (Å²) < 4.78 is 0. The van der Waals surface area contributed by atoms with Gasteiger partial charge >= 0.3 is 0 Å². The molecule has 0 bridgehead atoms. The van der Waals surface area contributed by atoms with Crippen molar-refractivity contribution in [3.8, 4) is 0 Å². The third kappa shape index (κ3) is 6.73. The number of rotatable bonds is 7. The zero-order valence-corrected chi connectivity index (χ0v) is 18.5. The van der Waals surface area contributed by atoms with Crippen LogP contribution in [-0.4, -0.2) is 41.5 Å². The Morgan fingerprint density at radius 2 is 1.82 bits per heavy atom. The summed E-state index contributed by atoms with van der Waals surface area (Å²) in [5.74, 6) is 1.15. The Hall–Kier alpha value is -1.14. The largest absolute Gasteiger partial charge is 0.342 e. The summed E-state index contributed by atoms with van der Waals surface area (Å²) >= 11 is 1.66. The third-order valence-electron chi connectivity index (χ3n) is 5.37. The highest BCUT2D eigenvalue weighted by Crippen LogP contribution is 2.28. The van der Waals surface area contributed by atoms with Crippen molar-refractivity contribution in [3.63, 3.8) is 0 Å². The van der Waals surface area contributed by atoms with Crippen LogP contribution in [0.1, 0.15) is 41.9 Å². The number of nitrogens with one attached hydrogen (secondary N) is 1. The maximum Gasteiger partial charge on any atom is 0.228 e. The first-order valence-corrected chi connectivity index (χ1v) is 10.6. The first-order valence-electron chi connectivity index (χ1n) is 9.74. The van der Waals surface area contributed by atoms with Gasteiger partial charge in [0.25, 0.3) is 0 Å². The zero-order chi connectivity index (χ0) is 17.8. The fraction of sp³-hybridized carbons (Fsp3) is 0.524. The molecule has 2 aromatic rings. The average molecular weight is 442 g/mol. The Morgan fingerprint density at radius 1 is 1.11 bits per heavy atom. The molecule has 0 spiro atoms. The number of carbonyl (C=O) groups excluding carboxylic acids is 1. The molecule has 1 amide bonds. The van der Waals surface area contributed by atoms with E-state index in [9.17, 15) is 4.79 Å². The molecule has 7 heteroatoms. The first-order chi connectivity index (χ1) is 12.8. The molecule has 1 aliphatic heterocycles. The molecule has 0 atom stereocenters. The van der Waals surface area contributed by atoms with Crippen LogP contribution in [0, 0.1) is 5.92 Å². The van der Waals surface area contributed by atoms with Crippen LogP contribution in [0.5, 0.6) is 0 Å². The van der Waals surface area contributed by atoms with Crippen molar-refractivity contribution in [1.29, 1.82) is 0 Å². The minimum atomic E-state index is 0. The van der Waals surface area contributed by atoms with Gasteiger partial charge < -0.3 is 10.2 Å². The maximum absolute atomic E-state index is 12.6. The van der Waals surface area contributed by atoms with Crippen LogP contribution in [0.25, 0.3) is 0 Å². The normalized spacial score (nSPS) is 16.9.